The SMILES string of the molecule is CCCC(CNC(C)C)N(C)Cc1ccc(Cl)s1. The molecule has 1 N–H and O–H groups in total. The Kier molecular flexibility index (Phi) is 7.23. The van der Waals surface area contributed by atoms with Gasteiger partial charge in [-0.15, -0.1) is 11.3 Å². The monoisotopic (exact) mass is 288 g/mol. The van der Waals surface area contributed by atoms with Crippen molar-refractivity contribution in [2.75, 3.05) is 13.6 Å². The topological polar surface area (TPSA) is 15.3 Å². The highest BCUT2D eigenvalue weighted by atomic mass is 35.5. The van der Waals surface area contributed by atoms with Crippen LogP contribution in [-0.4, -0.2) is 30.6 Å². The number of hydrogen-bond acceptors (Lipinski definition) is 3. The maximum Gasteiger partial charge on any atom is 0.0931 e. The molecular weight excluding hydrogens is 264 g/mol. The van der Waals surface area contributed by atoms with Crippen LogP contribution in [0.25, 0.3) is 0 Å². The van der Waals surface area contributed by atoms with Crippen molar-refractivity contribution in [1.82, 2.24) is 10.2 Å². The van der Waals surface area contributed by atoms with Crippen molar-refractivity contribution in [3.8, 4) is 0 Å². The number of nitrogens with one attached hydrogen (secondary N) is 1. The molecule has 1 aromatic rings. The summed E-state index contributed by atoms with van der Waals surface area (Å²) < 4.78 is 0.880. The molecule has 0 aliphatic carbocycles. The molecule has 0 aliphatic rings. The van der Waals surface area contributed by atoms with Gasteiger partial charge in [-0.25, -0.2) is 0 Å². The molecule has 0 bridgehead atoms. The van der Waals surface area contributed by atoms with E-state index in [0.29, 0.717) is 12.1 Å². The first kappa shape index (κ1) is 16.0. The number of likely N-dealkylation sites (N-methyl/N-ethyl adjacent to an activating group) is 1. The Morgan fingerprint density at radius 1 is 1.39 bits per heavy atom. The van der Waals surface area contributed by atoms with Gasteiger partial charge >= 0.3 is 0 Å². The first-order chi connectivity index (χ1) is 8.52. The van der Waals surface area contributed by atoms with Crippen LogP contribution in [0.5, 0.6) is 0 Å². The second-order valence-corrected chi connectivity index (χ2v) is 6.93. The largest absolute Gasteiger partial charge is 0.313 e. The van der Waals surface area contributed by atoms with Crippen LogP contribution in [0.3, 0.4) is 0 Å². The second-order valence-electron chi connectivity index (χ2n) is 5.13. The lowest BCUT2D eigenvalue weighted by atomic mass is 10.1. The minimum Gasteiger partial charge on any atom is -0.313 e. The summed E-state index contributed by atoms with van der Waals surface area (Å²) >= 11 is 7.65. The van der Waals surface area contributed by atoms with Crippen LogP contribution in [0.15, 0.2) is 12.1 Å². The zero-order chi connectivity index (χ0) is 13.5. The lowest BCUT2D eigenvalue weighted by Gasteiger charge is -2.28. The van der Waals surface area contributed by atoms with Crippen molar-refractivity contribution in [2.24, 2.45) is 0 Å². The molecule has 2 nitrogen and oxygen atoms in total. The van der Waals surface area contributed by atoms with Crippen molar-refractivity contribution >= 4 is 22.9 Å². The molecule has 4 heteroatoms. The molecular formula is C14H25ClN2S. The Morgan fingerprint density at radius 3 is 2.61 bits per heavy atom. The minimum absolute atomic E-state index is 0.550. The Hall–Kier alpha value is -0.0900. The molecule has 104 valence electrons. The van der Waals surface area contributed by atoms with E-state index in [1.165, 1.54) is 17.7 Å². The van der Waals surface area contributed by atoms with E-state index < -0.39 is 0 Å². The highest BCUT2D eigenvalue weighted by molar-refractivity contribution is 7.16. The Bertz CT molecular complexity index is 338. The summed E-state index contributed by atoms with van der Waals surface area (Å²) in [5.74, 6) is 0. The van der Waals surface area contributed by atoms with Gasteiger partial charge in [0.15, 0.2) is 0 Å². The zero-order valence-corrected chi connectivity index (χ0v) is 13.4. The molecule has 1 rings (SSSR count). The summed E-state index contributed by atoms with van der Waals surface area (Å²) in [6, 6.07) is 5.26. The van der Waals surface area contributed by atoms with E-state index in [1.807, 2.05) is 6.07 Å². The van der Waals surface area contributed by atoms with Gasteiger partial charge in [-0.1, -0.05) is 38.8 Å². The lowest BCUT2D eigenvalue weighted by molar-refractivity contribution is 0.213. The number of thiophene rings is 1. The predicted octanol–water partition coefficient (Wildman–Crippen LogP) is 4.00. The molecule has 0 amide bonds. The number of nitrogens with zero attached hydrogens (tertiary/aromatic N) is 1. The van der Waals surface area contributed by atoms with E-state index in [1.54, 1.807) is 11.3 Å². The minimum atomic E-state index is 0.550. The molecule has 0 saturated heterocycles. The zero-order valence-electron chi connectivity index (χ0n) is 11.9. The summed E-state index contributed by atoms with van der Waals surface area (Å²) in [6.45, 7) is 8.69. The molecule has 0 saturated carbocycles. The predicted molar refractivity (Wildman–Crippen MR) is 82.6 cm³/mol. The number of rotatable bonds is 8. The van der Waals surface area contributed by atoms with Crippen molar-refractivity contribution in [3.05, 3.63) is 21.3 Å². The van der Waals surface area contributed by atoms with Crippen LogP contribution in [0.2, 0.25) is 4.34 Å². The maximum atomic E-state index is 5.97. The van der Waals surface area contributed by atoms with Crippen LogP contribution in [0, 0.1) is 0 Å². The standard InChI is InChI=1S/C14H25ClN2S/c1-5-6-12(9-16-11(2)3)17(4)10-13-7-8-14(15)18-13/h7-8,11-12,16H,5-6,9-10H2,1-4H3. The van der Waals surface area contributed by atoms with E-state index in [2.05, 4.69) is 44.1 Å². The van der Waals surface area contributed by atoms with Crippen LogP contribution in [0.4, 0.5) is 0 Å². The fraction of sp³-hybridized carbons (Fsp3) is 0.714. The molecule has 0 aromatic carbocycles. The smallest absolute Gasteiger partial charge is 0.0931 e. The summed E-state index contributed by atoms with van der Waals surface area (Å²) in [6.07, 6.45) is 2.45. The summed E-state index contributed by atoms with van der Waals surface area (Å²) in [7, 11) is 2.20. The van der Waals surface area contributed by atoms with Crippen LogP contribution in [-0.2, 0) is 6.54 Å². The summed E-state index contributed by atoms with van der Waals surface area (Å²) in [4.78, 5) is 3.77. The summed E-state index contributed by atoms with van der Waals surface area (Å²) in [5.41, 5.74) is 0. The quantitative estimate of drug-likeness (QED) is 0.778. The van der Waals surface area contributed by atoms with Crippen molar-refractivity contribution in [2.45, 2.75) is 52.2 Å². The molecule has 0 radical (unpaired) electrons. The van der Waals surface area contributed by atoms with Gasteiger partial charge in [-0.3, -0.25) is 4.90 Å². The van der Waals surface area contributed by atoms with Gasteiger partial charge in [0.25, 0.3) is 0 Å². The Morgan fingerprint density at radius 2 is 2.11 bits per heavy atom. The molecule has 1 unspecified atom stereocenters. The highest BCUT2D eigenvalue weighted by Gasteiger charge is 2.15. The summed E-state index contributed by atoms with van der Waals surface area (Å²) in [5, 5.41) is 3.54. The number of halogens is 1. The molecule has 18 heavy (non-hydrogen) atoms. The second kappa shape index (κ2) is 8.16. The lowest BCUT2D eigenvalue weighted by Crippen LogP contribution is -2.41. The normalized spacial score (nSPS) is 13.5. The Labute approximate surface area is 120 Å². The highest BCUT2D eigenvalue weighted by Crippen LogP contribution is 2.23. The average molecular weight is 289 g/mol. The molecule has 0 aliphatic heterocycles. The van der Waals surface area contributed by atoms with E-state index in [-0.39, 0.29) is 0 Å². The molecule has 1 aromatic heterocycles. The van der Waals surface area contributed by atoms with Gasteiger partial charge < -0.3 is 5.32 Å². The fourth-order valence-corrected chi connectivity index (χ4v) is 3.15. The van der Waals surface area contributed by atoms with Crippen molar-refractivity contribution < 1.29 is 0 Å². The van der Waals surface area contributed by atoms with Gasteiger partial charge in [-0.2, -0.15) is 0 Å². The van der Waals surface area contributed by atoms with Crippen LogP contribution < -0.4 is 5.32 Å². The van der Waals surface area contributed by atoms with Gasteiger partial charge in [0.1, 0.15) is 0 Å². The first-order valence-corrected chi connectivity index (χ1v) is 7.90. The van der Waals surface area contributed by atoms with Gasteiger partial charge in [0.05, 0.1) is 4.34 Å². The third-order valence-corrected chi connectivity index (χ3v) is 4.26. The van der Waals surface area contributed by atoms with Crippen LogP contribution >= 0.6 is 22.9 Å². The fourth-order valence-electron chi connectivity index (χ4n) is 1.99. The first-order valence-electron chi connectivity index (χ1n) is 6.70. The number of hydrogen-bond donors (Lipinski definition) is 1. The molecule has 1 atom stereocenters. The van der Waals surface area contributed by atoms with Gasteiger partial charge in [0, 0.05) is 30.1 Å². The van der Waals surface area contributed by atoms with E-state index >= 15 is 0 Å². The van der Waals surface area contributed by atoms with E-state index in [4.69, 9.17) is 11.6 Å². The Balaban J connectivity index is 2.50. The third-order valence-electron chi connectivity index (χ3n) is 3.04. The third kappa shape index (κ3) is 5.70. The average Bonchev–Trinajstić information content (AvgIpc) is 2.69. The maximum absolute atomic E-state index is 5.97. The van der Waals surface area contributed by atoms with Crippen molar-refractivity contribution in [1.29, 1.82) is 0 Å². The van der Waals surface area contributed by atoms with Crippen LogP contribution in [0.1, 0.15) is 38.5 Å². The molecule has 0 spiro atoms. The van der Waals surface area contributed by atoms with E-state index in [9.17, 15) is 0 Å². The molecule has 1 heterocycles. The van der Waals surface area contributed by atoms with Gasteiger partial charge in [-0.05, 0) is 25.6 Å². The molecule has 0 fully saturated rings. The van der Waals surface area contributed by atoms with E-state index in [0.717, 1.165) is 17.4 Å². The van der Waals surface area contributed by atoms with Crippen molar-refractivity contribution in [3.63, 3.8) is 0 Å². The van der Waals surface area contributed by atoms with Gasteiger partial charge in [0.2, 0.25) is 0 Å².